The molecule has 1 aliphatic rings. The molecule has 0 atom stereocenters. The van der Waals surface area contributed by atoms with E-state index < -0.39 is 23.2 Å². The molecule has 0 saturated carbocycles. The molecule has 0 fully saturated rings. The highest BCUT2D eigenvalue weighted by Gasteiger charge is 2.37. The van der Waals surface area contributed by atoms with Crippen LogP contribution in [0.4, 0.5) is 5.69 Å². The number of nitrogens with zero attached hydrogens (tertiary/aromatic N) is 1. The molecule has 0 spiro atoms. The van der Waals surface area contributed by atoms with Crippen molar-refractivity contribution in [1.82, 2.24) is 0 Å². The summed E-state index contributed by atoms with van der Waals surface area (Å²) in [4.78, 5) is 50.8. The molecule has 0 radical (unpaired) electrons. The number of carbonyl (C=O) groups is 4. The summed E-state index contributed by atoms with van der Waals surface area (Å²) < 4.78 is 5.07. The number of aryl methyl sites for hydroxylation is 1. The molecule has 1 aliphatic heterocycles. The van der Waals surface area contributed by atoms with Crippen LogP contribution in [0.25, 0.3) is 0 Å². The minimum atomic E-state index is -0.713. The first-order valence-corrected chi connectivity index (χ1v) is 8.89. The lowest BCUT2D eigenvalue weighted by molar-refractivity contribution is -0.129. The van der Waals surface area contributed by atoms with Crippen molar-refractivity contribution in [1.29, 1.82) is 0 Å². The Morgan fingerprint density at radius 3 is 2.29 bits per heavy atom. The van der Waals surface area contributed by atoms with E-state index in [1.807, 2.05) is 13.0 Å². The number of hydrogen-bond acceptors (Lipinski definition) is 5. The molecule has 0 aliphatic carbocycles. The van der Waals surface area contributed by atoms with Crippen molar-refractivity contribution in [2.75, 3.05) is 11.5 Å². The molecular weight excluding hydrogens is 358 g/mol. The third-order valence-electron chi connectivity index (χ3n) is 4.55. The number of hydrogen-bond donors (Lipinski definition) is 0. The van der Waals surface area contributed by atoms with Gasteiger partial charge in [-0.1, -0.05) is 32.9 Å². The number of imide groups is 1. The van der Waals surface area contributed by atoms with Crippen molar-refractivity contribution in [3.8, 4) is 0 Å². The Morgan fingerprint density at radius 1 is 0.964 bits per heavy atom. The first kappa shape index (κ1) is 19.5. The molecule has 3 rings (SSSR count). The number of carbonyl (C=O) groups excluding carboxylic acids is 4. The summed E-state index contributed by atoms with van der Waals surface area (Å²) in [5.74, 6) is -1.85. The van der Waals surface area contributed by atoms with Crippen molar-refractivity contribution in [3.63, 3.8) is 0 Å². The number of ether oxygens (including phenoxy) is 1. The van der Waals surface area contributed by atoms with Gasteiger partial charge >= 0.3 is 5.97 Å². The van der Waals surface area contributed by atoms with E-state index in [1.54, 1.807) is 39.0 Å². The van der Waals surface area contributed by atoms with Crippen LogP contribution in [0, 0.1) is 12.3 Å². The van der Waals surface area contributed by atoms with Crippen LogP contribution in [0.1, 0.15) is 57.4 Å². The van der Waals surface area contributed by atoms with Gasteiger partial charge in [-0.25, -0.2) is 9.69 Å². The molecule has 2 aromatic carbocycles. The summed E-state index contributed by atoms with van der Waals surface area (Å²) >= 11 is 0. The van der Waals surface area contributed by atoms with E-state index >= 15 is 0 Å². The van der Waals surface area contributed by atoms with Gasteiger partial charge in [-0.15, -0.1) is 0 Å². The second-order valence-electron chi connectivity index (χ2n) is 7.79. The van der Waals surface area contributed by atoms with Gasteiger partial charge < -0.3 is 4.74 Å². The fourth-order valence-corrected chi connectivity index (χ4v) is 2.80. The predicted octanol–water partition coefficient (Wildman–Crippen LogP) is 3.57. The Hall–Kier alpha value is -3.28. The van der Waals surface area contributed by atoms with Gasteiger partial charge in [-0.3, -0.25) is 14.4 Å². The molecule has 6 nitrogen and oxygen atoms in total. The largest absolute Gasteiger partial charge is 0.454 e. The van der Waals surface area contributed by atoms with Crippen molar-refractivity contribution in [2.24, 2.45) is 5.41 Å². The van der Waals surface area contributed by atoms with Gasteiger partial charge in [-0.05, 0) is 42.8 Å². The fourth-order valence-electron chi connectivity index (χ4n) is 2.80. The van der Waals surface area contributed by atoms with E-state index in [0.717, 1.165) is 10.5 Å². The molecule has 0 N–H and O–H groups in total. The third-order valence-corrected chi connectivity index (χ3v) is 4.55. The highest BCUT2D eigenvalue weighted by Crippen LogP contribution is 2.29. The van der Waals surface area contributed by atoms with Gasteiger partial charge in [0.25, 0.3) is 11.8 Å². The molecule has 2 amide bonds. The van der Waals surface area contributed by atoms with Crippen LogP contribution in [-0.4, -0.2) is 30.2 Å². The molecule has 28 heavy (non-hydrogen) atoms. The van der Waals surface area contributed by atoms with Crippen LogP contribution in [0.5, 0.6) is 0 Å². The zero-order valence-electron chi connectivity index (χ0n) is 16.2. The summed E-state index contributed by atoms with van der Waals surface area (Å²) in [5, 5.41) is 0. The SMILES string of the molecule is Cc1cccc(N2C(=O)c3ccc(C(=O)OCC(=O)C(C)(C)C)cc3C2=O)c1. The van der Waals surface area contributed by atoms with Gasteiger partial charge in [0.05, 0.1) is 22.4 Å². The Balaban J connectivity index is 1.83. The maximum atomic E-state index is 12.8. The summed E-state index contributed by atoms with van der Waals surface area (Å²) in [5.41, 5.74) is 1.27. The predicted molar refractivity (Wildman–Crippen MR) is 104 cm³/mol. The zero-order chi connectivity index (χ0) is 20.6. The third kappa shape index (κ3) is 3.58. The topological polar surface area (TPSA) is 80.8 Å². The van der Waals surface area contributed by atoms with E-state index in [0.29, 0.717) is 5.69 Å². The van der Waals surface area contributed by atoms with Crippen LogP contribution in [0.3, 0.4) is 0 Å². The van der Waals surface area contributed by atoms with Gasteiger partial charge in [0, 0.05) is 5.41 Å². The number of anilines is 1. The van der Waals surface area contributed by atoms with Crippen molar-refractivity contribution in [3.05, 3.63) is 64.7 Å². The lowest BCUT2D eigenvalue weighted by Crippen LogP contribution is -2.29. The van der Waals surface area contributed by atoms with E-state index in [4.69, 9.17) is 4.74 Å². The lowest BCUT2D eigenvalue weighted by atomic mass is 9.91. The average molecular weight is 379 g/mol. The highest BCUT2D eigenvalue weighted by atomic mass is 16.5. The standard InChI is InChI=1S/C22H21NO5/c1-13-6-5-7-15(10-13)23-19(25)16-9-8-14(11-17(16)20(23)26)21(27)28-12-18(24)22(2,3)4/h5-11H,12H2,1-4H3. The van der Waals surface area contributed by atoms with Gasteiger partial charge in [0.15, 0.2) is 12.4 Å². The summed E-state index contributed by atoms with van der Waals surface area (Å²) in [6.45, 7) is 6.74. The summed E-state index contributed by atoms with van der Waals surface area (Å²) in [6, 6.07) is 11.3. The summed E-state index contributed by atoms with van der Waals surface area (Å²) in [7, 11) is 0. The molecule has 0 bridgehead atoms. The van der Waals surface area contributed by atoms with E-state index in [1.165, 1.54) is 18.2 Å². The molecule has 6 heteroatoms. The van der Waals surface area contributed by atoms with Crippen molar-refractivity contribution >= 4 is 29.3 Å². The minimum Gasteiger partial charge on any atom is -0.454 e. The Labute approximate surface area is 163 Å². The highest BCUT2D eigenvalue weighted by molar-refractivity contribution is 6.34. The van der Waals surface area contributed by atoms with E-state index in [-0.39, 0.29) is 29.1 Å². The minimum absolute atomic E-state index is 0.118. The monoisotopic (exact) mass is 379 g/mol. The number of amides is 2. The van der Waals surface area contributed by atoms with Crippen molar-refractivity contribution < 1.29 is 23.9 Å². The zero-order valence-corrected chi connectivity index (χ0v) is 16.2. The van der Waals surface area contributed by atoms with Crippen LogP contribution in [0.15, 0.2) is 42.5 Å². The van der Waals surface area contributed by atoms with Gasteiger partial charge in [-0.2, -0.15) is 0 Å². The van der Waals surface area contributed by atoms with Crippen LogP contribution >= 0.6 is 0 Å². The number of esters is 1. The number of rotatable bonds is 4. The fraction of sp³-hybridized carbons (Fsp3) is 0.273. The molecule has 0 saturated heterocycles. The number of Topliss-reactive ketones (excluding diaryl/α,β-unsaturated/α-hetero) is 1. The number of fused-ring (bicyclic) bond motifs is 1. The maximum absolute atomic E-state index is 12.8. The molecular formula is C22H21NO5. The van der Waals surface area contributed by atoms with E-state index in [9.17, 15) is 19.2 Å². The van der Waals surface area contributed by atoms with Crippen molar-refractivity contribution in [2.45, 2.75) is 27.7 Å². The van der Waals surface area contributed by atoms with E-state index in [2.05, 4.69) is 0 Å². The quantitative estimate of drug-likeness (QED) is 0.599. The van der Waals surface area contributed by atoms with Gasteiger partial charge in [0.1, 0.15) is 0 Å². The van der Waals surface area contributed by atoms with Gasteiger partial charge in [0.2, 0.25) is 0 Å². The maximum Gasteiger partial charge on any atom is 0.338 e. The summed E-state index contributed by atoms with van der Waals surface area (Å²) in [6.07, 6.45) is 0. The first-order valence-electron chi connectivity index (χ1n) is 8.89. The average Bonchev–Trinajstić information content (AvgIpc) is 2.88. The Morgan fingerprint density at radius 2 is 1.64 bits per heavy atom. The van der Waals surface area contributed by atoms with Crippen LogP contribution < -0.4 is 4.90 Å². The smallest absolute Gasteiger partial charge is 0.338 e. The molecule has 144 valence electrons. The molecule has 0 unspecified atom stereocenters. The number of ketones is 1. The normalized spacial score (nSPS) is 13.5. The van der Waals surface area contributed by atoms with Crippen LogP contribution in [0.2, 0.25) is 0 Å². The molecule has 2 aromatic rings. The number of benzene rings is 2. The lowest BCUT2D eigenvalue weighted by Gasteiger charge is -2.16. The second kappa shape index (κ2) is 7.03. The Kier molecular flexibility index (Phi) is 4.89. The first-order chi connectivity index (χ1) is 13.1. The van der Waals surface area contributed by atoms with Crippen LogP contribution in [-0.2, 0) is 9.53 Å². The second-order valence-corrected chi connectivity index (χ2v) is 7.79. The Bertz CT molecular complexity index is 1000. The molecule has 0 aromatic heterocycles. The molecule has 1 heterocycles.